The van der Waals surface area contributed by atoms with Crippen LogP contribution in [0.2, 0.25) is 5.02 Å². The SMILES string of the molecule is NC(=O)C(Cc1ccccc1)NC(=O)c1cccc(S(=O)(=O)Nc2ccccc2Cl)c1. The molecule has 3 rings (SSSR count). The molecular formula is C22H20ClN3O4S. The number of anilines is 1. The van der Waals surface area contributed by atoms with Crippen LogP contribution in [-0.4, -0.2) is 26.3 Å². The van der Waals surface area contributed by atoms with E-state index < -0.39 is 27.9 Å². The number of sulfonamides is 1. The van der Waals surface area contributed by atoms with E-state index in [-0.39, 0.29) is 27.6 Å². The summed E-state index contributed by atoms with van der Waals surface area (Å²) in [5.74, 6) is -1.31. The van der Waals surface area contributed by atoms with E-state index >= 15 is 0 Å². The third-order valence-corrected chi connectivity index (χ3v) is 6.15. The molecule has 9 heteroatoms. The first-order valence-electron chi connectivity index (χ1n) is 9.28. The zero-order valence-corrected chi connectivity index (χ0v) is 17.9. The second-order valence-electron chi connectivity index (χ2n) is 6.73. The minimum atomic E-state index is -3.99. The molecular weight excluding hydrogens is 438 g/mol. The van der Waals surface area contributed by atoms with Crippen LogP contribution < -0.4 is 15.8 Å². The number of benzene rings is 3. The highest BCUT2D eigenvalue weighted by atomic mass is 35.5. The van der Waals surface area contributed by atoms with E-state index in [9.17, 15) is 18.0 Å². The Morgan fingerprint density at radius 3 is 2.29 bits per heavy atom. The summed E-state index contributed by atoms with van der Waals surface area (Å²) in [6.45, 7) is 0. The molecule has 0 aromatic heterocycles. The van der Waals surface area contributed by atoms with Crippen molar-refractivity contribution in [2.75, 3.05) is 4.72 Å². The van der Waals surface area contributed by atoms with Crippen molar-refractivity contribution in [3.8, 4) is 0 Å². The number of carbonyl (C=O) groups is 2. The van der Waals surface area contributed by atoms with Crippen molar-refractivity contribution in [2.45, 2.75) is 17.4 Å². The molecule has 0 aliphatic heterocycles. The van der Waals surface area contributed by atoms with Crippen molar-refractivity contribution < 1.29 is 18.0 Å². The molecule has 0 aliphatic carbocycles. The Bertz CT molecular complexity index is 1200. The fourth-order valence-electron chi connectivity index (χ4n) is 2.87. The van der Waals surface area contributed by atoms with E-state index in [0.29, 0.717) is 0 Å². The number of carbonyl (C=O) groups excluding carboxylic acids is 2. The number of hydrogen-bond acceptors (Lipinski definition) is 4. The monoisotopic (exact) mass is 457 g/mol. The number of nitrogens with two attached hydrogens (primary N) is 1. The molecule has 0 fully saturated rings. The van der Waals surface area contributed by atoms with Gasteiger partial charge in [-0.1, -0.05) is 60.1 Å². The topological polar surface area (TPSA) is 118 Å². The van der Waals surface area contributed by atoms with Crippen molar-refractivity contribution in [1.29, 1.82) is 0 Å². The van der Waals surface area contributed by atoms with E-state index in [1.54, 1.807) is 18.2 Å². The zero-order valence-electron chi connectivity index (χ0n) is 16.3. The summed E-state index contributed by atoms with van der Waals surface area (Å²) in [4.78, 5) is 24.4. The second kappa shape index (κ2) is 9.63. The second-order valence-corrected chi connectivity index (χ2v) is 8.82. The normalized spacial score (nSPS) is 12.0. The molecule has 160 valence electrons. The lowest BCUT2D eigenvalue weighted by Gasteiger charge is -2.16. The Labute approximate surface area is 185 Å². The van der Waals surface area contributed by atoms with Gasteiger partial charge in [0.2, 0.25) is 5.91 Å². The summed E-state index contributed by atoms with van der Waals surface area (Å²) in [5, 5.41) is 2.81. The van der Waals surface area contributed by atoms with Gasteiger partial charge < -0.3 is 11.1 Å². The van der Waals surface area contributed by atoms with Crippen LogP contribution in [0.5, 0.6) is 0 Å². The maximum atomic E-state index is 12.7. The highest BCUT2D eigenvalue weighted by Crippen LogP contribution is 2.24. The lowest BCUT2D eigenvalue weighted by atomic mass is 10.0. The molecule has 7 nitrogen and oxygen atoms in total. The number of amides is 2. The first kappa shape index (κ1) is 22.3. The number of nitrogens with one attached hydrogen (secondary N) is 2. The third kappa shape index (κ3) is 5.84. The Morgan fingerprint density at radius 1 is 0.935 bits per heavy atom. The molecule has 0 bridgehead atoms. The fourth-order valence-corrected chi connectivity index (χ4v) is 4.23. The first-order chi connectivity index (χ1) is 14.8. The summed E-state index contributed by atoms with van der Waals surface area (Å²) >= 11 is 6.02. The summed E-state index contributed by atoms with van der Waals surface area (Å²) in [7, 11) is -3.99. The predicted octanol–water partition coefficient (Wildman–Crippen LogP) is 2.97. The molecule has 0 saturated heterocycles. The molecule has 3 aromatic rings. The van der Waals surface area contributed by atoms with Crippen molar-refractivity contribution in [3.63, 3.8) is 0 Å². The van der Waals surface area contributed by atoms with E-state index in [4.69, 9.17) is 17.3 Å². The molecule has 2 amide bonds. The van der Waals surface area contributed by atoms with Crippen molar-refractivity contribution in [2.24, 2.45) is 5.73 Å². The smallest absolute Gasteiger partial charge is 0.261 e. The van der Waals surface area contributed by atoms with Gasteiger partial charge in [-0.3, -0.25) is 14.3 Å². The minimum absolute atomic E-state index is 0.0707. The highest BCUT2D eigenvalue weighted by molar-refractivity contribution is 7.92. The summed E-state index contributed by atoms with van der Waals surface area (Å²) in [6, 6.07) is 20.0. The highest BCUT2D eigenvalue weighted by Gasteiger charge is 2.22. The Kier molecular flexibility index (Phi) is 6.94. The van der Waals surface area contributed by atoms with Gasteiger partial charge in [0.15, 0.2) is 0 Å². The van der Waals surface area contributed by atoms with Gasteiger partial charge in [0, 0.05) is 12.0 Å². The number of rotatable bonds is 8. The molecule has 1 atom stereocenters. The summed E-state index contributed by atoms with van der Waals surface area (Å²) < 4.78 is 27.8. The van der Waals surface area contributed by atoms with E-state index in [1.807, 2.05) is 30.3 Å². The van der Waals surface area contributed by atoms with Gasteiger partial charge in [-0.25, -0.2) is 8.42 Å². The molecule has 0 spiro atoms. The molecule has 0 radical (unpaired) electrons. The quantitative estimate of drug-likeness (QED) is 0.481. The maximum absolute atomic E-state index is 12.7. The molecule has 3 aromatic carbocycles. The standard InChI is InChI=1S/C22H20ClN3O4S/c23-18-11-4-5-12-19(18)26-31(29,30)17-10-6-9-16(14-17)22(28)25-20(21(24)27)13-15-7-2-1-3-8-15/h1-12,14,20,26H,13H2,(H2,24,27)(H,25,28). The van der Waals surface area contributed by atoms with E-state index in [0.717, 1.165) is 5.56 Å². The van der Waals surface area contributed by atoms with Gasteiger partial charge in [-0.15, -0.1) is 0 Å². The lowest BCUT2D eigenvalue weighted by Crippen LogP contribution is -2.45. The molecule has 0 saturated carbocycles. The van der Waals surface area contributed by atoms with Crippen LogP contribution in [0.1, 0.15) is 15.9 Å². The summed E-state index contributed by atoms with van der Waals surface area (Å²) in [6.07, 6.45) is 0.216. The molecule has 1 unspecified atom stereocenters. The van der Waals surface area contributed by atoms with Gasteiger partial charge in [0.25, 0.3) is 15.9 Å². The Balaban J connectivity index is 1.79. The van der Waals surface area contributed by atoms with E-state index in [2.05, 4.69) is 10.0 Å². The van der Waals surface area contributed by atoms with Gasteiger partial charge in [0.1, 0.15) is 6.04 Å². The van der Waals surface area contributed by atoms with Crippen LogP contribution in [0.25, 0.3) is 0 Å². The third-order valence-electron chi connectivity index (χ3n) is 4.46. The largest absolute Gasteiger partial charge is 0.368 e. The Hall–Kier alpha value is -3.36. The maximum Gasteiger partial charge on any atom is 0.261 e. The van der Waals surface area contributed by atoms with Gasteiger partial charge in [-0.2, -0.15) is 0 Å². The fraction of sp³-hybridized carbons (Fsp3) is 0.0909. The minimum Gasteiger partial charge on any atom is -0.368 e. The number of halogens is 1. The first-order valence-corrected chi connectivity index (χ1v) is 11.1. The zero-order chi connectivity index (χ0) is 22.4. The lowest BCUT2D eigenvalue weighted by molar-refractivity contribution is -0.119. The number of primary amides is 1. The number of para-hydroxylation sites is 1. The Morgan fingerprint density at radius 2 is 1.61 bits per heavy atom. The van der Waals surface area contributed by atoms with Gasteiger partial charge in [-0.05, 0) is 35.9 Å². The molecule has 4 N–H and O–H groups in total. The number of hydrogen-bond donors (Lipinski definition) is 3. The van der Waals surface area contributed by atoms with Crippen LogP contribution in [-0.2, 0) is 21.2 Å². The van der Waals surface area contributed by atoms with Crippen LogP contribution in [0.3, 0.4) is 0 Å². The van der Waals surface area contributed by atoms with Crippen LogP contribution in [0.15, 0.2) is 83.8 Å². The average Bonchev–Trinajstić information content (AvgIpc) is 2.75. The molecule has 0 heterocycles. The predicted molar refractivity (Wildman–Crippen MR) is 119 cm³/mol. The molecule has 0 aliphatic rings. The van der Waals surface area contributed by atoms with Crippen LogP contribution in [0, 0.1) is 0 Å². The van der Waals surface area contributed by atoms with Crippen LogP contribution >= 0.6 is 11.6 Å². The average molecular weight is 458 g/mol. The van der Waals surface area contributed by atoms with Crippen molar-refractivity contribution in [3.05, 3.63) is 95.0 Å². The van der Waals surface area contributed by atoms with Gasteiger partial charge >= 0.3 is 0 Å². The summed E-state index contributed by atoms with van der Waals surface area (Å²) in [5.41, 5.74) is 6.55. The van der Waals surface area contributed by atoms with Crippen molar-refractivity contribution in [1.82, 2.24) is 5.32 Å². The van der Waals surface area contributed by atoms with E-state index in [1.165, 1.54) is 30.3 Å². The van der Waals surface area contributed by atoms with Crippen molar-refractivity contribution >= 4 is 39.1 Å². The van der Waals surface area contributed by atoms with Gasteiger partial charge in [0.05, 0.1) is 15.6 Å². The molecule has 31 heavy (non-hydrogen) atoms. The van der Waals surface area contributed by atoms with Crippen LogP contribution in [0.4, 0.5) is 5.69 Å².